The van der Waals surface area contributed by atoms with Gasteiger partial charge in [-0.3, -0.25) is 0 Å². The Hall–Kier alpha value is -0.850. The van der Waals surface area contributed by atoms with Gasteiger partial charge in [0.1, 0.15) is 0 Å². The second kappa shape index (κ2) is 5.87. The molecule has 0 aliphatic heterocycles. The number of hydrogen-bond acceptors (Lipinski definition) is 2. The first-order valence-corrected chi connectivity index (χ1v) is 7.65. The average Bonchev–Trinajstić information content (AvgIpc) is 2.85. The first-order valence-electron chi connectivity index (χ1n) is 6.04. The lowest BCUT2D eigenvalue weighted by Gasteiger charge is -2.09. The molecule has 0 aliphatic rings. The molecule has 0 saturated carbocycles. The van der Waals surface area contributed by atoms with Gasteiger partial charge in [-0.25, -0.2) is 0 Å². The summed E-state index contributed by atoms with van der Waals surface area (Å²) >= 11 is 4.57. The maximum absolute atomic E-state index is 12.8. The molecule has 0 aliphatic carbocycles. The second-order valence-corrected chi connectivity index (χ2v) is 6.47. The van der Waals surface area contributed by atoms with Crippen LogP contribution in [0.4, 0.5) is 13.2 Å². The van der Waals surface area contributed by atoms with Gasteiger partial charge in [0.15, 0.2) is 0 Å². The van der Waals surface area contributed by atoms with Gasteiger partial charge in [0.05, 0.1) is 5.56 Å². The van der Waals surface area contributed by atoms with Crippen LogP contribution >= 0.6 is 27.3 Å². The maximum atomic E-state index is 12.8. The van der Waals surface area contributed by atoms with E-state index >= 15 is 0 Å². The SMILES string of the molecule is CCC(N)c1ccc(-c2cc(Br)cc(C(F)(F)F)c2)s1. The Balaban J connectivity index is 2.42. The molecular weight excluding hydrogens is 351 g/mol. The lowest BCUT2D eigenvalue weighted by molar-refractivity contribution is -0.137. The van der Waals surface area contributed by atoms with Crippen molar-refractivity contribution in [1.82, 2.24) is 0 Å². The van der Waals surface area contributed by atoms with E-state index in [4.69, 9.17) is 5.73 Å². The third kappa shape index (κ3) is 3.42. The monoisotopic (exact) mass is 363 g/mol. The van der Waals surface area contributed by atoms with Crippen molar-refractivity contribution in [1.29, 1.82) is 0 Å². The predicted molar refractivity (Wildman–Crippen MR) is 79.7 cm³/mol. The normalized spacial score (nSPS) is 13.5. The molecule has 1 unspecified atom stereocenters. The fraction of sp³-hybridized carbons (Fsp3) is 0.286. The van der Waals surface area contributed by atoms with E-state index in [0.717, 1.165) is 28.3 Å². The van der Waals surface area contributed by atoms with Gasteiger partial charge in [-0.2, -0.15) is 13.2 Å². The van der Waals surface area contributed by atoms with Crippen LogP contribution in [0, 0.1) is 0 Å². The van der Waals surface area contributed by atoms with Crippen LogP contribution in [0.25, 0.3) is 10.4 Å². The third-order valence-corrected chi connectivity index (χ3v) is 4.67. The summed E-state index contributed by atoms with van der Waals surface area (Å²) in [6.07, 6.45) is -3.55. The fourth-order valence-electron chi connectivity index (χ4n) is 1.80. The highest BCUT2D eigenvalue weighted by molar-refractivity contribution is 9.10. The van der Waals surface area contributed by atoms with Crippen LogP contribution in [0.5, 0.6) is 0 Å². The van der Waals surface area contributed by atoms with Crippen molar-refractivity contribution in [3.8, 4) is 10.4 Å². The quantitative estimate of drug-likeness (QED) is 0.753. The van der Waals surface area contributed by atoms with Crippen LogP contribution < -0.4 is 5.73 Å². The standard InChI is InChI=1S/C14H13BrF3NS/c1-2-11(19)13-4-3-12(20-13)8-5-9(14(16,17)18)7-10(15)6-8/h3-7,11H,2,19H2,1H3. The van der Waals surface area contributed by atoms with Gasteiger partial charge in [0, 0.05) is 20.3 Å². The molecule has 0 amide bonds. The number of alkyl halides is 3. The Bertz CT molecular complexity index is 607. The highest BCUT2D eigenvalue weighted by Crippen LogP contribution is 2.37. The summed E-state index contributed by atoms with van der Waals surface area (Å²) in [5.41, 5.74) is 5.83. The summed E-state index contributed by atoms with van der Waals surface area (Å²) in [5.74, 6) is 0. The molecule has 2 aromatic rings. The molecule has 0 bridgehead atoms. The lowest BCUT2D eigenvalue weighted by Crippen LogP contribution is -2.05. The van der Waals surface area contributed by atoms with E-state index in [9.17, 15) is 13.2 Å². The molecule has 108 valence electrons. The summed E-state index contributed by atoms with van der Waals surface area (Å²) in [6, 6.07) is 7.55. The van der Waals surface area contributed by atoms with Crippen molar-refractivity contribution in [2.24, 2.45) is 5.73 Å². The van der Waals surface area contributed by atoms with Crippen molar-refractivity contribution < 1.29 is 13.2 Å². The fourth-order valence-corrected chi connectivity index (χ4v) is 3.38. The molecule has 0 spiro atoms. The number of halogens is 4. The van der Waals surface area contributed by atoms with E-state index in [1.807, 2.05) is 19.1 Å². The molecule has 0 radical (unpaired) electrons. The molecule has 6 heteroatoms. The van der Waals surface area contributed by atoms with Gasteiger partial charge >= 0.3 is 6.18 Å². The number of hydrogen-bond donors (Lipinski definition) is 1. The van der Waals surface area contributed by atoms with Crippen molar-refractivity contribution in [3.63, 3.8) is 0 Å². The highest BCUT2D eigenvalue weighted by Gasteiger charge is 2.31. The molecule has 20 heavy (non-hydrogen) atoms. The Morgan fingerprint density at radius 1 is 1.25 bits per heavy atom. The maximum Gasteiger partial charge on any atom is 0.416 e. The van der Waals surface area contributed by atoms with Gasteiger partial charge in [-0.05, 0) is 42.3 Å². The van der Waals surface area contributed by atoms with Crippen LogP contribution in [-0.4, -0.2) is 0 Å². The second-order valence-electron chi connectivity index (χ2n) is 4.44. The Morgan fingerprint density at radius 2 is 1.95 bits per heavy atom. The molecule has 1 aromatic heterocycles. The number of rotatable bonds is 3. The summed E-state index contributed by atoms with van der Waals surface area (Å²) in [6.45, 7) is 1.98. The van der Waals surface area contributed by atoms with Crippen LogP contribution in [0.1, 0.15) is 29.8 Å². The van der Waals surface area contributed by atoms with E-state index < -0.39 is 11.7 Å². The van der Waals surface area contributed by atoms with Gasteiger partial charge in [0.25, 0.3) is 0 Å². The molecule has 0 fully saturated rings. The third-order valence-electron chi connectivity index (χ3n) is 2.94. The number of thiophene rings is 1. The first kappa shape index (κ1) is 15.5. The molecule has 0 saturated heterocycles. The van der Waals surface area contributed by atoms with E-state index in [1.54, 1.807) is 6.07 Å². The number of nitrogens with two attached hydrogens (primary N) is 1. The van der Waals surface area contributed by atoms with E-state index in [1.165, 1.54) is 11.3 Å². The summed E-state index contributed by atoms with van der Waals surface area (Å²) in [5, 5.41) is 0. The van der Waals surface area contributed by atoms with Gasteiger partial charge in [-0.15, -0.1) is 11.3 Å². The molecule has 1 heterocycles. The molecule has 1 aromatic carbocycles. The minimum absolute atomic E-state index is 0.0667. The van der Waals surface area contributed by atoms with Crippen molar-refractivity contribution in [3.05, 3.63) is 45.2 Å². The first-order chi connectivity index (χ1) is 9.31. The molecular formula is C14H13BrF3NS. The summed E-state index contributed by atoms with van der Waals surface area (Å²) in [7, 11) is 0. The summed E-state index contributed by atoms with van der Waals surface area (Å²) in [4.78, 5) is 1.77. The van der Waals surface area contributed by atoms with Gasteiger partial charge in [0.2, 0.25) is 0 Å². The van der Waals surface area contributed by atoms with Crippen LogP contribution in [0.15, 0.2) is 34.8 Å². The van der Waals surface area contributed by atoms with E-state index in [-0.39, 0.29) is 6.04 Å². The van der Waals surface area contributed by atoms with E-state index in [2.05, 4.69) is 15.9 Å². The van der Waals surface area contributed by atoms with Crippen LogP contribution in [0.3, 0.4) is 0 Å². The van der Waals surface area contributed by atoms with E-state index in [0.29, 0.717) is 10.0 Å². The number of benzene rings is 1. The van der Waals surface area contributed by atoms with Crippen molar-refractivity contribution in [2.45, 2.75) is 25.6 Å². The molecule has 2 N–H and O–H groups in total. The lowest BCUT2D eigenvalue weighted by atomic mass is 10.1. The van der Waals surface area contributed by atoms with Gasteiger partial charge in [-0.1, -0.05) is 22.9 Å². The van der Waals surface area contributed by atoms with Gasteiger partial charge < -0.3 is 5.73 Å². The zero-order valence-corrected chi connectivity index (χ0v) is 13.1. The zero-order valence-electron chi connectivity index (χ0n) is 10.7. The summed E-state index contributed by atoms with van der Waals surface area (Å²) < 4.78 is 38.9. The predicted octanol–water partition coefficient (Wildman–Crippen LogP) is 5.61. The highest BCUT2D eigenvalue weighted by atomic mass is 79.9. The van der Waals surface area contributed by atoms with Crippen LogP contribution in [0.2, 0.25) is 0 Å². The zero-order chi connectivity index (χ0) is 14.9. The Morgan fingerprint density at radius 3 is 2.55 bits per heavy atom. The average molecular weight is 364 g/mol. The molecule has 1 nitrogen and oxygen atoms in total. The minimum Gasteiger partial charge on any atom is -0.323 e. The van der Waals surface area contributed by atoms with Crippen molar-refractivity contribution in [2.75, 3.05) is 0 Å². The van der Waals surface area contributed by atoms with Crippen molar-refractivity contribution >= 4 is 27.3 Å². The smallest absolute Gasteiger partial charge is 0.323 e. The molecule has 2 rings (SSSR count). The Labute approximate surface area is 127 Å². The Kier molecular flexibility index (Phi) is 4.56. The molecule has 1 atom stereocenters. The largest absolute Gasteiger partial charge is 0.416 e. The van der Waals surface area contributed by atoms with Crippen LogP contribution in [-0.2, 0) is 6.18 Å². The topological polar surface area (TPSA) is 26.0 Å². The minimum atomic E-state index is -4.35.